The van der Waals surface area contributed by atoms with E-state index in [9.17, 15) is 13.2 Å². The summed E-state index contributed by atoms with van der Waals surface area (Å²) < 4.78 is 29.8. The number of rotatable bonds is 2. The van der Waals surface area contributed by atoms with E-state index < -0.39 is 10.0 Å². The number of carbonyl (C=O) groups excluding carboxylic acids is 1. The molecule has 138 valence electrons. The van der Waals surface area contributed by atoms with Crippen molar-refractivity contribution in [1.29, 1.82) is 0 Å². The lowest BCUT2D eigenvalue weighted by Crippen LogP contribution is -2.30. The summed E-state index contributed by atoms with van der Waals surface area (Å²) in [6, 6.07) is 12.5. The van der Waals surface area contributed by atoms with Gasteiger partial charge in [0.25, 0.3) is 10.0 Å². The number of aromatic nitrogens is 2. The molecule has 1 aromatic heterocycles. The summed E-state index contributed by atoms with van der Waals surface area (Å²) in [6.45, 7) is 2.72. The van der Waals surface area contributed by atoms with Crippen LogP contribution in [0.25, 0.3) is 11.0 Å². The van der Waals surface area contributed by atoms with Crippen LogP contribution < -0.4 is 9.62 Å². The average Bonchev–Trinajstić information content (AvgIpc) is 3.21. The second-order valence-electron chi connectivity index (χ2n) is 6.54. The molecule has 1 atom stereocenters. The first kappa shape index (κ1) is 16.6. The van der Waals surface area contributed by atoms with Gasteiger partial charge in [0.15, 0.2) is 0 Å². The normalized spacial score (nSPS) is 19.1. The highest BCUT2D eigenvalue weighted by atomic mass is 32.2. The number of imidazole rings is 1. The third-order valence-corrected chi connectivity index (χ3v) is 7.81. The fourth-order valence-corrected chi connectivity index (χ4v) is 5.84. The Bertz CT molecular complexity index is 1200. The predicted molar refractivity (Wildman–Crippen MR) is 105 cm³/mol. The maximum Gasteiger partial charge on any atom is 0.266 e. The molecule has 1 N–H and O–H groups in total. The molecule has 5 rings (SSSR count). The third-order valence-electron chi connectivity index (χ3n) is 4.85. The minimum Gasteiger partial charge on any atom is -0.324 e. The van der Waals surface area contributed by atoms with E-state index >= 15 is 0 Å². The maximum absolute atomic E-state index is 13.3. The Balaban J connectivity index is 1.57. The summed E-state index contributed by atoms with van der Waals surface area (Å²) in [7, 11) is -3.77. The van der Waals surface area contributed by atoms with E-state index in [-0.39, 0.29) is 16.1 Å². The number of nitrogens with one attached hydrogen (secondary N) is 1. The molecule has 2 aromatic carbocycles. The number of thioether (sulfide) groups is 1. The highest BCUT2D eigenvalue weighted by Gasteiger charge is 2.34. The van der Waals surface area contributed by atoms with Crippen LogP contribution in [-0.4, -0.2) is 35.7 Å². The van der Waals surface area contributed by atoms with Crippen LogP contribution in [-0.2, 0) is 21.4 Å². The number of hydrogen-bond acceptors (Lipinski definition) is 5. The molecule has 0 aliphatic carbocycles. The lowest BCUT2D eigenvalue weighted by Gasteiger charge is -2.23. The summed E-state index contributed by atoms with van der Waals surface area (Å²) in [5.74, 6) is 0.311. The topological polar surface area (TPSA) is 84.3 Å². The number of benzene rings is 2. The van der Waals surface area contributed by atoms with Crippen LogP contribution in [0.2, 0.25) is 0 Å². The number of fused-ring (bicyclic) bond motifs is 4. The van der Waals surface area contributed by atoms with Crippen LogP contribution in [0.15, 0.2) is 52.3 Å². The smallest absolute Gasteiger partial charge is 0.266 e. The van der Waals surface area contributed by atoms with Gasteiger partial charge in [0.05, 0.1) is 33.4 Å². The molecule has 0 saturated heterocycles. The second kappa shape index (κ2) is 5.74. The van der Waals surface area contributed by atoms with E-state index in [1.165, 1.54) is 22.1 Å². The van der Waals surface area contributed by atoms with Crippen LogP contribution in [0.3, 0.4) is 0 Å². The van der Waals surface area contributed by atoms with Crippen molar-refractivity contribution in [1.82, 2.24) is 9.55 Å². The van der Waals surface area contributed by atoms with Gasteiger partial charge in [0.1, 0.15) is 0 Å². The minimum absolute atomic E-state index is 0.120. The molecule has 0 saturated carbocycles. The number of sulfonamides is 1. The van der Waals surface area contributed by atoms with Gasteiger partial charge in [-0.3, -0.25) is 4.79 Å². The summed E-state index contributed by atoms with van der Waals surface area (Å²) in [6.07, 6.45) is 0. The Morgan fingerprint density at radius 1 is 1.19 bits per heavy atom. The van der Waals surface area contributed by atoms with E-state index in [1.807, 2.05) is 35.8 Å². The molecule has 1 amide bonds. The molecule has 0 spiro atoms. The molecule has 0 bridgehead atoms. The van der Waals surface area contributed by atoms with Crippen molar-refractivity contribution < 1.29 is 13.2 Å². The Hall–Kier alpha value is -2.52. The molecular weight excluding hydrogens is 384 g/mol. The molecule has 27 heavy (non-hydrogen) atoms. The summed E-state index contributed by atoms with van der Waals surface area (Å²) in [5.41, 5.74) is 2.24. The Labute approximate surface area is 160 Å². The number of carbonyl (C=O) groups is 1. The molecule has 2 aliphatic heterocycles. The van der Waals surface area contributed by atoms with Crippen molar-refractivity contribution in [3.05, 3.63) is 42.5 Å². The molecule has 7 nitrogen and oxygen atoms in total. The van der Waals surface area contributed by atoms with Crippen LogP contribution >= 0.6 is 11.8 Å². The van der Waals surface area contributed by atoms with Crippen molar-refractivity contribution in [2.75, 3.05) is 16.2 Å². The average molecular weight is 400 g/mol. The molecule has 1 unspecified atom stereocenters. The van der Waals surface area contributed by atoms with Gasteiger partial charge in [0, 0.05) is 11.4 Å². The fourth-order valence-electron chi connectivity index (χ4n) is 3.47. The number of hydrogen-bond donors (Lipinski definition) is 1. The zero-order chi connectivity index (χ0) is 18.8. The van der Waals surface area contributed by atoms with Gasteiger partial charge in [0.2, 0.25) is 11.9 Å². The molecule has 3 heterocycles. The number of anilines is 2. The fraction of sp³-hybridized carbons (Fsp3) is 0.222. The number of amides is 1. The van der Waals surface area contributed by atoms with E-state index in [0.29, 0.717) is 24.7 Å². The van der Waals surface area contributed by atoms with Crippen LogP contribution in [0, 0.1) is 0 Å². The quantitative estimate of drug-likeness (QED) is 0.715. The monoisotopic (exact) mass is 400 g/mol. The van der Waals surface area contributed by atoms with Crippen molar-refractivity contribution >= 4 is 50.4 Å². The molecular formula is C18H16N4O3S2. The highest BCUT2D eigenvalue weighted by molar-refractivity contribution is 8.01. The summed E-state index contributed by atoms with van der Waals surface area (Å²) in [5, 5.41) is 2.59. The first-order valence-corrected chi connectivity index (χ1v) is 10.9. The van der Waals surface area contributed by atoms with E-state index in [1.54, 1.807) is 12.1 Å². The van der Waals surface area contributed by atoms with Gasteiger partial charge in [-0.05, 0) is 37.3 Å². The number of para-hydroxylation sites is 2. The summed E-state index contributed by atoms with van der Waals surface area (Å²) >= 11 is 1.43. The molecule has 0 fully saturated rings. The molecule has 2 aliphatic rings. The van der Waals surface area contributed by atoms with E-state index in [2.05, 4.69) is 10.3 Å². The van der Waals surface area contributed by atoms with Crippen molar-refractivity contribution in [3.63, 3.8) is 0 Å². The lowest BCUT2D eigenvalue weighted by atomic mass is 10.3. The van der Waals surface area contributed by atoms with Crippen LogP contribution in [0.1, 0.15) is 6.92 Å². The van der Waals surface area contributed by atoms with Crippen LogP contribution in [0.4, 0.5) is 11.6 Å². The van der Waals surface area contributed by atoms with Gasteiger partial charge in [-0.15, -0.1) is 11.8 Å². The SMILES string of the molecule is CC1Sc2ccc(S(=O)(=O)N3CCn4c3nc3ccccc34)cc2NC1=O. The van der Waals surface area contributed by atoms with Crippen molar-refractivity contribution in [3.8, 4) is 0 Å². The van der Waals surface area contributed by atoms with E-state index in [4.69, 9.17) is 0 Å². The van der Waals surface area contributed by atoms with Crippen molar-refractivity contribution in [2.45, 2.75) is 28.5 Å². The van der Waals surface area contributed by atoms with Crippen LogP contribution in [0.5, 0.6) is 0 Å². The third kappa shape index (κ3) is 2.45. The first-order chi connectivity index (χ1) is 12.9. The van der Waals surface area contributed by atoms with Gasteiger partial charge in [-0.2, -0.15) is 0 Å². The standard InChI is InChI=1S/C18H16N4O3S2/c1-11-17(23)19-14-10-12(6-7-16(14)26-11)27(24,25)22-9-8-21-15-5-3-2-4-13(15)20-18(21)22/h2-7,10-11H,8-9H2,1H3,(H,19,23). The van der Waals surface area contributed by atoms with Gasteiger partial charge in [-0.25, -0.2) is 17.7 Å². The molecule has 3 aromatic rings. The molecule has 0 radical (unpaired) electrons. The minimum atomic E-state index is -3.77. The Morgan fingerprint density at radius 2 is 2.00 bits per heavy atom. The van der Waals surface area contributed by atoms with E-state index in [0.717, 1.165) is 15.9 Å². The predicted octanol–water partition coefficient (Wildman–Crippen LogP) is 2.68. The first-order valence-electron chi connectivity index (χ1n) is 8.55. The maximum atomic E-state index is 13.3. The largest absolute Gasteiger partial charge is 0.324 e. The van der Waals surface area contributed by atoms with Crippen molar-refractivity contribution in [2.24, 2.45) is 0 Å². The summed E-state index contributed by atoms with van der Waals surface area (Å²) in [4.78, 5) is 17.5. The Morgan fingerprint density at radius 3 is 2.85 bits per heavy atom. The Kier molecular flexibility index (Phi) is 3.54. The van der Waals surface area contributed by atoms with Gasteiger partial charge < -0.3 is 9.88 Å². The van der Waals surface area contributed by atoms with Gasteiger partial charge >= 0.3 is 0 Å². The molecule has 9 heteroatoms. The zero-order valence-electron chi connectivity index (χ0n) is 14.4. The number of nitrogens with zero attached hydrogens (tertiary/aromatic N) is 3. The zero-order valence-corrected chi connectivity index (χ0v) is 16.0. The van der Waals surface area contributed by atoms with Gasteiger partial charge in [-0.1, -0.05) is 12.1 Å². The second-order valence-corrected chi connectivity index (χ2v) is 9.78. The lowest BCUT2D eigenvalue weighted by molar-refractivity contribution is -0.115. The highest BCUT2D eigenvalue weighted by Crippen LogP contribution is 2.38.